The van der Waals surface area contributed by atoms with Gasteiger partial charge in [-0.3, -0.25) is 9.59 Å². The Bertz CT molecular complexity index is 800. The van der Waals surface area contributed by atoms with Crippen LogP contribution in [0.25, 0.3) is 11.0 Å². The number of hydrogen-bond acceptors (Lipinski definition) is 4. The van der Waals surface area contributed by atoms with E-state index in [1.54, 1.807) is 0 Å². The summed E-state index contributed by atoms with van der Waals surface area (Å²) in [6.07, 6.45) is 22.1. The summed E-state index contributed by atoms with van der Waals surface area (Å²) in [5, 5.41) is 21.1. The smallest absolute Gasteiger partial charge is 0.322 e. The maximum atomic E-state index is 11.3. The van der Waals surface area contributed by atoms with E-state index in [0.29, 0.717) is 6.42 Å². The number of para-hydroxylation sites is 2. The number of rotatable bonds is 16. The van der Waals surface area contributed by atoms with Crippen LogP contribution >= 0.6 is 0 Å². The van der Waals surface area contributed by atoms with Gasteiger partial charge in [0.1, 0.15) is 17.6 Å². The zero-order chi connectivity index (χ0) is 24.0. The van der Waals surface area contributed by atoms with Crippen LogP contribution in [-0.4, -0.2) is 38.9 Å². The summed E-state index contributed by atoms with van der Waals surface area (Å²) in [6, 6.07) is 7.70. The van der Waals surface area contributed by atoms with Gasteiger partial charge in [-0.15, -0.1) is 0 Å². The van der Waals surface area contributed by atoms with Crippen LogP contribution < -0.4 is 5.32 Å². The Morgan fingerprint density at radius 3 is 2.06 bits per heavy atom. The van der Waals surface area contributed by atoms with Gasteiger partial charge in [0, 0.05) is 6.42 Å². The van der Waals surface area contributed by atoms with Crippen molar-refractivity contribution in [2.45, 2.75) is 84.0 Å². The van der Waals surface area contributed by atoms with Crippen LogP contribution in [0, 0.1) is 0 Å². The number of carboxylic acid groups (broad SMARTS) is 1. The summed E-state index contributed by atoms with van der Waals surface area (Å²) in [4.78, 5) is 21.6. The number of carboxylic acids is 1. The molecule has 0 saturated heterocycles. The molecule has 2 aromatic rings. The molecule has 1 heterocycles. The Morgan fingerprint density at radius 1 is 0.879 bits per heavy atom. The summed E-state index contributed by atoms with van der Waals surface area (Å²) in [5.41, 5.74) is 1.83. The first kappa shape index (κ1) is 28.1. The third-order valence-electron chi connectivity index (χ3n) is 5.01. The minimum Gasteiger partial charge on any atom is -0.480 e. The Morgan fingerprint density at radius 2 is 1.45 bits per heavy atom. The van der Waals surface area contributed by atoms with E-state index in [0.717, 1.165) is 43.1 Å². The van der Waals surface area contributed by atoms with E-state index < -0.39 is 5.97 Å². The average Bonchev–Trinajstić information content (AvgIpc) is 3.29. The van der Waals surface area contributed by atoms with Crippen molar-refractivity contribution in [1.82, 2.24) is 20.7 Å². The Balaban J connectivity index is 0.000000490. The predicted octanol–water partition coefficient (Wildman–Crippen LogP) is 5.96. The van der Waals surface area contributed by atoms with Crippen molar-refractivity contribution >= 4 is 22.9 Å². The molecular weight excluding hydrogens is 416 g/mol. The number of aromatic nitrogens is 3. The summed E-state index contributed by atoms with van der Waals surface area (Å²) in [6.45, 7) is 1.95. The molecule has 0 radical (unpaired) electrons. The molecule has 3 N–H and O–H groups in total. The summed E-state index contributed by atoms with van der Waals surface area (Å²) in [7, 11) is 0. The molecule has 33 heavy (non-hydrogen) atoms. The van der Waals surface area contributed by atoms with Crippen molar-refractivity contribution in [3.05, 3.63) is 48.6 Å². The molecule has 0 aliphatic carbocycles. The fourth-order valence-corrected chi connectivity index (χ4v) is 3.15. The van der Waals surface area contributed by atoms with E-state index in [1.807, 2.05) is 24.3 Å². The van der Waals surface area contributed by atoms with Crippen molar-refractivity contribution in [2.24, 2.45) is 0 Å². The van der Waals surface area contributed by atoms with Crippen LogP contribution in [0.3, 0.4) is 0 Å². The summed E-state index contributed by atoms with van der Waals surface area (Å²) in [5.74, 6) is -1.16. The van der Waals surface area contributed by atoms with Crippen molar-refractivity contribution in [3.8, 4) is 0 Å². The van der Waals surface area contributed by atoms with Crippen molar-refractivity contribution in [2.75, 3.05) is 6.54 Å². The number of nitrogens with zero attached hydrogens (tertiary/aromatic N) is 2. The largest absolute Gasteiger partial charge is 0.480 e. The summed E-state index contributed by atoms with van der Waals surface area (Å²) >= 11 is 0. The molecule has 0 unspecified atom stereocenters. The van der Waals surface area contributed by atoms with Crippen LogP contribution in [0.15, 0.2) is 48.6 Å². The summed E-state index contributed by atoms with van der Waals surface area (Å²) < 4.78 is 0. The molecule has 0 bridgehead atoms. The van der Waals surface area contributed by atoms with Crippen LogP contribution in [0.2, 0.25) is 0 Å². The lowest BCUT2D eigenvalue weighted by molar-refractivity contribution is -0.137. The minimum atomic E-state index is -0.997. The van der Waals surface area contributed by atoms with Gasteiger partial charge in [-0.25, -0.2) is 0 Å². The van der Waals surface area contributed by atoms with Gasteiger partial charge in [0.2, 0.25) is 5.91 Å². The third kappa shape index (κ3) is 16.3. The highest BCUT2D eigenvalue weighted by Crippen LogP contribution is 2.08. The number of amides is 1. The highest BCUT2D eigenvalue weighted by atomic mass is 16.4. The van der Waals surface area contributed by atoms with Gasteiger partial charge < -0.3 is 10.4 Å². The Labute approximate surface area is 197 Å². The van der Waals surface area contributed by atoms with E-state index in [2.05, 4.69) is 52.0 Å². The molecule has 0 spiro atoms. The van der Waals surface area contributed by atoms with E-state index in [9.17, 15) is 9.59 Å². The number of H-pyrrole nitrogens is 1. The lowest BCUT2D eigenvalue weighted by Gasteiger charge is -2.02. The van der Waals surface area contributed by atoms with E-state index in [-0.39, 0.29) is 12.5 Å². The van der Waals surface area contributed by atoms with Gasteiger partial charge in [-0.1, -0.05) is 75.5 Å². The monoisotopic (exact) mass is 456 g/mol. The van der Waals surface area contributed by atoms with E-state index in [1.165, 1.54) is 38.5 Å². The minimum absolute atomic E-state index is 0.164. The van der Waals surface area contributed by atoms with Gasteiger partial charge in [0.15, 0.2) is 0 Å². The number of hydrogen-bond donors (Lipinski definition) is 3. The van der Waals surface area contributed by atoms with Crippen LogP contribution in [0.1, 0.15) is 84.0 Å². The molecule has 2 rings (SSSR count). The molecule has 1 aromatic heterocycles. The second kappa shape index (κ2) is 19.7. The molecule has 7 nitrogen and oxygen atoms in total. The molecular formula is C26H40N4O3. The quantitative estimate of drug-likeness (QED) is 0.213. The number of allylic oxidation sites excluding steroid dienone is 4. The van der Waals surface area contributed by atoms with Crippen LogP contribution in [0.5, 0.6) is 0 Å². The number of nitrogens with one attached hydrogen (secondary N) is 2. The number of benzene rings is 1. The van der Waals surface area contributed by atoms with Crippen molar-refractivity contribution in [1.29, 1.82) is 0 Å². The highest BCUT2D eigenvalue weighted by molar-refractivity contribution is 5.80. The molecule has 0 aliphatic rings. The normalized spacial score (nSPS) is 11.1. The first-order chi connectivity index (χ1) is 16.1. The topological polar surface area (TPSA) is 108 Å². The number of carbonyl (C=O) groups excluding carboxylic acids is 1. The molecule has 1 aromatic carbocycles. The number of carbonyl (C=O) groups is 2. The fraction of sp³-hybridized carbons (Fsp3) is 0.538. The third-order valence-corrected chi connectivity index (χ3v) is 5.01. The molecule has 1 amide bonds. The van der Waals surface area contributed by atoms with Gasteiger partial charge >= 0.3 is 5.97 Å². The van der Waals surface area contributed by atoms with Crippen LogP contribution in [-0.2, 0) is 9.59 Å². The van der Waals surface area contributed by atoms with E-state index >= 15 is 0 Å². The number of aliphatic carboxylic acids is 1. The van der Waals surface area contributed by atoms with Gasteiger partial charge in [-0.05, 0) is 50.7 Å². The zero-order valence-corrected chi connectivity index (χ0v) is 20.0. The molecule has 7 heteroatoms. The number of fused-ring (bicyclic) bond motifs is 1. The first-order valence-electron chi connectivity index (χ1n) is 12.2. The SMILES string of the molecule is CCCCC/C=C\C/C=C\CCCCCCCC(=O)NCC(=O)O.c1ccc2n[nH]nc2c1. The molecule has 0 atom stereocenters. The van der Waals surface area contributed by atoms with Gasteiger partial charge in [-0.2, -0.15) is 15.4 Å². The maximum absolute atomic E-state index is 11.3. The van der Waals surface area contributed by atoms with Gasteiger partial charge in [0.25, 0.3) is 0 Å². The Kier molecular flexibility index (Phi) is 16.8. The predicted molar refractivity (Wildman–Crippen MR) is 134 cm³/mol. The van der Waals surface area contributed by atoms with Gasteiger partial charge in [0.05, 0.1) is 0 Å². The second-order valence-electron chi connectivity index (χ2n) is 7.96. The maximum Gasteiger partial charge on any atom is 0.322 e. The average molecular weight is 457 g/mol. The second-order valence-corrected chi connectivity index (χ2v) is 7.96. The lowest BCUT2D eigenvalue weighted by atomic mass is 10.1. The fourth-order valence-electron chi connectivity index (χ4n) is 3.15. The first-order valence-corrected chi connectivity index (χ1v) is 12.2. The molecule has 0 saturated carbocycles. The van der Waals surface area contributed by atoms with Crippen LogP contribution in [0.4, 0.5) is 0 Å². The molecule has 0 aliphatic heterocycles. The Hall–Kier alpha value is -2.96. The van der Waals surface area contributed by atoms with Crippen molar-refractivity contribution < 1.29 is 14.7 Å². The number of aromatic amines is 1. The standard InChI is InChI=1S/C20H35NO3.C6H5N3/c1-2-3-4-5-6-7-8-9-10-11-12-13-14-15-16-17-19(22)21-18-20(23)24;1-2-4-6-5(3-1)7-9-8-6/h6-7,9-10H,2-5,8,11-18H2,1H3,(H,21,22)(H,23,24);1-4H,(H,7,8,9)/b7-6-,10-9-;. The van der Waals surface area contributed by atoms with Crippen molar-refractivity contribution in [3.63, 3.8) is 0 Å². The van der Waals surface area contributed by atoms with E-state index in [4.69, 9.17) is 5.11 Å². The molecule has 0 fully saturated rings. The molecule has 182 valence electrons. The highest BCUT2D eigenvalue weighted by Gasteiger charge is 2.02. The number of unbranched alkanes of at least 4 members (excludes halogenated alkanes) is 8. The zero-order valence-electron chi connectivity index (χ0n) is 20.0. The lowest BCUT2D eigenvalue weighted by Crippen LogP contribution is -2.28.